The fourth-order valence-electron chi connectivity index (χ4n) is 5.69. The maximum absolute atomic E-state index is 15.9. The van der Waals surface area contributed by atoms with Crippen LogP contribution in [0.4, 0.5) is 63.6 Å². The summed E-state index contributed by atoms with van der Waals surface area (Å²) in [7, 11) is 4.70. The summed E-state index contributed by atoms with van der Waals surface area (Å²) in [6, 6.07) is 20.8. The minimum atomic E-state index is -0.672. The van der Waals surface area contributed by atoms with Crippen LogP contribution < -0.4 is 20.0 Å². The lowest BCUT2D eigenvalue weighted by Gasteiger charge is -2.26. The summed E-state index contributed by atoms with van der Waals surface area (Å²) in [4.78, 5) is 22.0. The van der Waals surface area contributed by atoms with Gasteiger partial charge in [0.15, 0.2) is 23.3 Å². The van der Waals surface area contributed by atoms with Crippen molar-refractivity contribution in [2.45, 2.75) is 0 Å². The van der Waals surface area contributed by atoms with Crippen molar-refractivity contribution in [2.24, 2.45) is 0 Å². The third-order valence-corrected chi connectivity index (χ3v) is 8.42. The molecule has 0 radical (unpaired) electrons. The van der Waals surface area contributed by atoms with Gasteiger partial charge in [0.05, 0.1) is 22.7 Å². The van der Waals surface area contributed by atoms with Crippen molar-refractivity contribution in [3.05, 3.63) is 108 Å². The molecule has 4 aromatic heterocycles. The first-order valence-electron chi connectivity index (χ1n) is 15.7. The number of hydrogen-bond donors (Lipinski definition) is 1. The molecule has 14 nitrogen and oxygen atoms in total. The Morgan fingerprint density at radius 1 is 0.472 bits per heavy atom. The van der Waals surface area contributed by atoms with Crippen molar-refractivity contribution < 1.29 is 26.8 Å². The Hall–Kier alpha value is -7.24. The Labute approximate surface area is 296 Å². The van der Waals surface area contributed by atoms with Crippen LogP contribution in [0, 0.1) is 23.3 Å². The number of halogens is 4. The first kappa shape index (κ1) is 32.9. The number of fused-ring (bicyclic) bond motifs is 2. The first-order chi connectivity index (χ1) is 25.7. The predicted octanol–water partition coefficient (Wildman–Crippen LogP) is 7.61. The molecule has 264 valence electrons. The van der Waals surface area contributed by atoms with E-state index < -0.39 is 23.3 Å². The monoisotopic (exact) mass is 720 g/mol. The second kappa shape index (κ2) is 13.1. The smallest absolute Gasteiger partial charge is 0.245 e. The molecule has 18 heteroatoms. The Bertz CT molecular complexity index is 2650. The van der Waals surface area contributed by atoms with E-state index >= 15 is 8.78 Å². The van der Waals surface area contributed by atoms with Crippen LogP contribution in [-0.2, 0) is 0 Å². The Morgan fingerprint density at radius 2 is 0.906 bits per heavy atom. The summed E-state index contributed by atoms with van der Waals surface area (Å²) in [5.41, 5.74) is 1.46. The van der Waals surface area contributed by atoms with E-state index in [0.717, 1.165) is 0 Å². The third-order valence-electron chi connectivity index (χ3n) is 8.42. The van der Waals surface area contributed by atoms with Gasteiger partial charge in [-0.3, -0.25) is 0 Å². The molecule has 0 bridgehead atoms. The van der Waals surface area contributed by atoms with Crippen molar-refractivity contribution in [1.82, 2.24) is 40.6 Å². The van der Waals surface area contributed by atoms with Gasteiger partial charge in [0.25, 0.3) is 0 Å². The van der Waals surface area contributed by atoms with Crippen molar-refractivity contribution in [3.63, 3.8) is 0 Å². The molecule has 4 aromatic carbocycles. The lowest BCUT2D eigenvalue weighted by molar-refractivity contribution is 0.314. The summed E-state index contributed by atoms with van der Waals surface area (Å²) in [5, 5.41) is 17.8. The minimum absolute atomic E-state index is 0.0538. The largest absolute Gasteiger partial charge is 0.335 e. The third kappa shape index (κ3) is 6.00. The molecule has 0 aliphatic heterocycles. The summed E-state index contributed by atoms with van der Waals surface area (Å²) >= 11 is 0. The quantitative estimate of drug-likeness (QED) is 0.146. The Morgan fingerprint density at radius 3 is 1.42 bits per heavy atom. The highest BCUT2D eigenvalue weighted by atomic mass is 19.1. The number of anilines is 8. The highest BCUT2D eigenvalue weighted by molar-refractivity contribution is 5.83. The average molecular weight is 721 g/mol. The average Bonchev–Trinajstić information content (AvgIpc) is 3.83. The van der Waals surface area contributed by atoms with E-state index in [1.54, 1.807) is 57.5 Å². The molecular weight excluding hydrogens is 696 g/mol. The van der Waals surface area contributed by atoms with Gasteiger partial charge in [0.2, 0.25) is 22.6 Å². The number of para-hydroxylation sites is 2. The molecule has 8 aromatic rings. The molecule has 0 amide bonds. The van der Waals surface area contributed by atoms with E-state index in [1.807, 2.05) is 0 Å². The van der Waals surface area contributed by atoms with Gasteiger partial charge in [-0.2, -0.15) is 0 Å². The minimum Gasteiger partial charge on any atom is -0.335 e. The van der Waals surface area contributed by atoms with Gasteiger partial charge in [-0.05, 0) is 80.3 Å². The van der Waals surface area contributed by atoms with Crippen LogP contribution >= 0.6 is 0 Å². The van der Waals surface area contributed by atoms with Gasteiger partial charge in [0.1, 0.15) is 23.3 Å². The van der Waals surface area contributed by atoms with Gasteiger partial charge in [-0.1, -0.05) is 36.4 Å². The molecule has 0 aliphatic carbocycles. The number of nitrogens with zero attached hydrogens (tertiary/aromatic N) is 11. The second-order valence-electron chi connectivity index (χ2n) is 11.7. The van der Waals surface area contributed by atoms with Crippen molar-refractivity contribution in [1.29, 1.82) is 0 Å². The van der Waals surface area contributed by atoms with Crippen LogP contribution in [-0.4, -0.2) is 61.7 Å². The normalized spacial score (nSPS) is 11.3. The Balaban J connectivity index is 1.10. The van der Waals surface area contributed by atoms with E-state index in [0.29, 0.717) is 11.1 Å². The van der Waals surface area contributed by atoms with E-state index in [2.05, 4.69) is 45.9 Å². The van der Waals surface area contributed by atoms with Gasteiger partial charge in [0, 0.05) is 21.1 Å². The van der Waals surface area contributed by atoms with Gasteiger partial charge in [-0.15, -0.1) is 0 Å². The van der Waals surface area contributed by atoms with Gasteiger partial charge >= 0.3 is 0 Å². The molecule has 4 heterocycles. The number of aromatic nitrogens is 8. The van der Waals surface area contributed by atoms with Crippen LogP contribution in [0.25, 0.3) is 33.7 Å². The standard InChI is InChI=1S/C35H24F4N12O2/c1-49(33-32(40-24-10-6-4-8-20(24)36)41-28-29(42-33)46-52-45-28)26-14-12-18(16-22(26)38)19-13-15-27(23(39)17-19)51(3)35-34(43-30-31(44-35)48-53-47-30)50(2)25-11-7-5-9-21(25)37/h4-17H,1-3H3,(H,40,41,45). The van der Waals surface area contributed by atoms with E-state index in [4.69, 9.17) is 9.26 Å². The van der Waals surface area contributed by atoms with Crippen LogP contribution in [0.3, 0.4) is 0 Å². The van der Waals surface area contributed by atoms with Crippen molar-refractivity contribution in [3.8, 4) is 11.1 Å². The molecule has 0 atom stereocenters. The van der Waals surface area contributed by atoms with Crippen LogP contribution in [0.1, 0.15) is 0 Å². The first-order valence-corrected chi connectivity index (χ1v) is 15.7. The highest BCUT2D eigenvalue weighted by Gasteiger charge is 2.25. The molecule has 0 aliphatic rings. The maximum Gasteiger partial charge on any atom is 0.245 e. The van der Waals surface area contributed by atoms with Crippen LogP contribution in [0.5, 0.6) is 0 Å². The molecule has 53 heavy (non-hydrogen) atoms. The van der Waals surface area contributed by atoms with Crippen molar-refractivity contribution in [2.75, 3.05) is 41.2 Å². The maximum atomic E-state index is 15.9. The number of nitrogens with one attached hydrogen (secondary N) is 1. The lowest BCUT2D eigenvalue weighted by atomic mass is 10.0. The van der Waals surface area contributed by atoms with Crippen molar-refractivity contribution >= 4 is 68.6 Å². The Kier molecular flexibility index (Phi) is 8.17. The summed E-state index contributed by atoms with van der Waals surface area (Å²) in [6.07, 6.45) is 0. The second-order valence-corrected chi connectivity index (χ2v) is 11.7. The summed E-state index contributed by atoms with van der Waals surface area (Å²) < 4.78 is 70.7. The molecule has 8 rings (SSSR count). The highest BCUT2D eigenvalue weighted by Crippen LogP contribution is 2.38. The fourth-order valence-corrected chi connectivity index (χ4v) is 5.69. The zero-order valence-corrected chi connectivity index (χ0v) is 27.8. The zero-order chi connectivity index (χ0) is 36.8. The van der Waals surface area contributed by atoms with Crippen LogP contribution in [0.2, 0.25) is 0 Å². The molecular formula is C35H24F4N12O2. The topological polar surface area (TPSA) is 151 Å². The molecule has 0 unspecified atom stereocenters. The van der Waals surface area contributed by atoms with Gasteiger partial charge in [-0.25, -0.2) is 46.8 Å². The summed E-state index contributed by atoms with van der Waals surface area (Å²) in [6.45, 7) is 0. The molecule has 0 spiro atoms. The molecule has 0 saturated carbocycles. The number of hydrogen-bond acceptors (Lipinski definition) is 14. The van der Waals surface area contributed by atoms with Gasteiger partial charge < -0.3 is 20.0 Å². The van der Waals surface area contributed by atoms with Crippen LogP contribution in [0.15, 0.2) is 94.2 Å². The molecule has 0 saturated heterocycles. The molecule has 0 fully saturated rings. The fraction of sp³-hybridized carbons (Fsp3) is 0.0857. The van der Waals surface area contributed by atoms with E-state index in [9.17, 15) is 8.78 Å². The number of rotatable bonds is 9. The van der Waals surface area contributed by atoms with E-state index in [-0.39, 0.29) is 68.6 Å². The molecule has 1 N–H and O–H groups in total. The SMILES string of the molecule is CN(c1ccc(-c2ccc(N(C)c3nc4nonc4nc3N(C)c3ccccc3F)c(F)c2)cc1F)c1nc2nonc2nc1Nc1ccccc1F. The predicted molar refractivity (Wildman–Crippen MR) is 187 cm³/mol. The van der Waals surface area contributed by atoms with E-state index in [1.165, 1.54) is 63.2 Å². The zero-order valence-electron chi connectivity index (χ0n) is 27.8. The number of benzene rings is 4. The lowest BCUT2D eigenvalue weighted by Crippen LogP contribution is -2.21. The summed E-state index contributed by atoms with van der Waals surface area (Å²) in [5.74, 6) is -1.93.